The maximum atomic E-state index is 8.50. The van der Waals surface area contributed by atoms with E-state index in [0.717, 1.165) is 0 Å². The highest BCUT2D eigenvalue weighted by molar-refractivity contribution is 5.34. The van der Waals surface area contributed by atoms with Gasteiger partial charge < -0.3 is 4.90 Å². The summed E-state index contributed by atoms with van der Waals surface area (Å²) < 4.78 is 0. The molecule has 0 aliphatic heterocycles. The van der Waals surface area contributed by atoms with Crippen molar-refractivity contribution in [2.75, 3.05) is 14.1 Å². The minimum absolute atomic E-state index is 0.469. The number of allylic oxidation sites excluding steroid dienone is 3. The van der Waals surface area contributed by atoms with E-state index in [2.05, 4.69) is 0 Å². The summed E-state index contributed by atoms with van der Waals surface area (Å²) in [5, 5.41) is 16.7. The van der Waals surface area contributed by atoms with Crippen LogP contribution < -0.4 is 0 Å². The van der Waals surface area contributed by atoms with Crippen LogP contribution >= 0.6 is 0 Å². The Kier molecular flexibility index (Phi) is 4.27. The number of nitriles is 2. The van der Waals surface area contributed by atoms with E-state index < -0.39 is 0 Å². The van der Waals surface area contributed by atoms with Crippen LogP contribution in [-0.2, 0) is 0 Å². The SMILES string of the molecule is CN(C)C=C(C#N)C=CC#N. The zero-order valence-corrected chi connectivity index (χ0v) is 6.57. The molecule has 0 saturated carbocycles. The van der Waals surface area contributed by atoms with Crippen molar-refractivity contribution in [3.63, 3.8) is 0 Å². The van der Waals surface area contributed by atoms with Crippen LogP contribution in [0.4, 0.5) is 0 Å². The van der Waals surface area contributed by atoms with E-state index in [1.807, 2.05) is 26.2 Å². The Hall–Kier alpha value is -1.74. The highest BCUT2D eigenvalue weighted by Crippen LogP contribution is 1.94. The normalized spacial score (nSPS) is 10.7. The van der Waals surface area contributed by atoms with Crippen LogP contribution in [0, 0.1) is 22.7 Å². The average molecular weight is 147 g/mol. The molecule has 0 heterocycles. The Bertz CT molecular complexity index is 247. The largest absolute Gasteiger partial charge is 0.382 e. The number of rotatable bonds is 2. The Morgan fingerprint density at radius 3 is 2.36 bits per heavy atom. The van der Waals surface area contributed by atoms with Gasteiger partial charge in [-0.3, -0.25) is 0 Å². The molecule has 0 atom stereocenters. The van der Waals surface area contributed by atoms with Crippen molar-refractivity contribution in [3.05, 3.63) is 23.9 Å². The summed E-state index contributed by atoms with van der Waals surface area (Å²) in [4.78, 5) is 1.75. The van der Waals surface area contributed by atoms with E-state index in [1.54, 1.807) is 11.1 Å². The Balaban J connectivity index is 4.35. The van der Waals surface area contributed by atoms with Crippen molar-refractivity contribution >= 4 is 0 Å². The molecule has 0 spiro atoms. The quantitative estimate of drug-likeness (QED) is 0.433. The van der Waals surface area contributed by atoms with Gasteiger partial charge >= 0.3 is 0 Å². The minimum Gasteiger partial charge on any atom is -0.382 e. The second-order valence-electron chi connectivity index (χ2n) is 2.12. The van der Waals surface area contributed by atoms with Crippen molar-refractivity contribution < 1.29 is 0 Å². The highest BCUT2D eigenvalue weighted by Gasteiger charge is 1.87. The summed E-state index contributed by atoms with van der Waals surface area (Å²) in [6, 6.07) is 3.76. The molecule has 0 aliphatic carbocycles. The predicted molar refractivity (Wildman–Crippen MR) is 42.1 cm³/mol. The van der Waals surface area contributed by atoms with Crippen LogP contribution in [0.15, 0.2) is 23.9 Å². The van der Waals surface area contributed by atoms with Gasteiger partial charge in [0.1, 0.15) is 6.07 Å². The van der Waals surface area contributed by atoms with Crippen molar-refractivity contribution in [3.8, 4) is 12.1 Å². The fourth-order valence-corrected chi connectivity index (χ4v) is 0.514. The zero-order valence-electron chi connectivity index (χ0n) is 6.57. The van der Waals surface area contributed by atoms with Crippen LogP contribution in [0.3, 0.4) is 0 Å². The number of hydrogen-bond donors (Lipinski definition) is 0. The molecule has 56 valence electrons. The molecular weight excluding hydrogens is 138 g/mol. The molecule has 0 fully saturated rings. The topological polar surface area (TPSA) is 50.8 Å². The molecule has 0 bridgehead atoms. The average Bonchev–Trinajstić information content (AvgIpc) is 1.97. The molecule has 0 aromatic heterocycles. The Morgan fingerprint density at radius 1 is 1.36 bits per heavy atom. The molecule has 0 radical (unpaired) electrons. The predicted octanol–water partition coefficient (Wildman–Crippen LogP) is 1.04. The molecular formula is C8H9N3. The lowest BCUT2D eigenvalue weighted by atomic mass is 10.3. The summed E-state index contributed by atoms with van der Waals surface area (Å²) in [6.45, 7) is 0. The first-order valence-electron chi connectivity index (χ1n) is 3.05. The smallest absolute Gasteiger partial charge is 0.101 e. The van der Waals surface area contributed by atoms with Gasteiger partial charge in [0, 0.05) is 26.4 Å². The zero-order chi connectivity index (χ0) is 8.69. The van der Waals surface area contributed by atoms with Gasteiger partial charge in [-0.05, 0) is 6.08 Å². The fourth-order valence-electron chi connectivity index (χ4n) is 0.514. The van der Waals surface area contributed by atoms with Crippen molar-refractivity contribution in [1.82, 2.24) is 4.90 Å². The maximum absolute atomic E-state index is 8.50. The van der Waals surface area contributed by atoms with E-state index >= 15 is 0 Å². The number of nitrogens with zero attached hydrogens (tertiary/aromatic N) is 3. The second kappa shape index (κ2) is 5.08. The van der Waals surface area contributed by atoms with Crippen LogP contribution in [0.1, 0.15) is 0 Å². The fraction of sp³-hybridized carbons (Fsp3) is 0.250. The number of hydrogen-bond acceptors (Lipinski definition) is 3. The van der Waals surface area contributed by atoms with E-state index in [-0.39, 0.29) is 0 Å². The van der Waals surface area contributed by atoms with Gasteiger partial charge in [-0.25, -0.2) is 0 Å². The second-order valence-corrected chi connectivity index (χ2v) is 2.12. The first kappa shape index (κ1) is 9.26. The van der Waals surface area contributed by atoms with Gasteiger partial charge in [0.25, 0.3) is 0 Å². The Morgan fingerprint density at radius 2 is 2.00 bits per heavy atom. The van der Waals surface area contributed by atoms with Gasteiger partial charge in [-0.2, -0.15) is 10.5 Å². The summed E-state index contributed by atoms with van der Waals surface area (Å²) in [5.41, 5.74) is 0.469. The van der Waals surface area contributed by atoms with Crippen molar-refractivity contribution in [2.24, 2.45) is 0 Å². The van der Waals surface area contributed by atoms with Gasteiger partial charge in [0.05, 0.1) is 11.6 Å². The lowest BCUT2D eigenvalue weighted by Gasteiger charge is -2.02. The summed E-state index contributed by atoms with van der Waals surface area (Å²) in [7, 11) is 3.63. The highest BCUT2D eigenvalue weighted by atomic mass is 15.0. The molecule has 0 saturated heterocycles. The summed E-state index contributed by atoms with van der Waals surface area (Å²) in [5.74, 6) is 0. The Labute approximate surface area is 66.5 Å². The minimum atomic E-state index is 0.469. The molecule has 0 aromatic rings. The molecule has 3 nitrogen and oxygen atoms in total. The first-order chi connectivity index (χ1) is 5.20. The van der Waals surface area contributed by atoms with Crippen molar-refractivity contribution in [1.29, 1.82) is 10.5 Å². The molecule has 0 N–H and O–H groups in total. The van der Waals surface area contributed by atoms with Gasteiger partial charge in [-0.15, -0.1) is 0 Å². The van der Waals surface area contributed by atoms with Crippen LogP contribution in [0.5, 0.6) is 0 Å². The molecule has 11 heavy (non-hydrogen) atoms. The monoisotopic (exact) mass is 147 g/mol. The van der Waals surface area contributed by atoms with Crippen LogP contribution in [-0.4, -0.2) is 19.0 Å². The van der Waals surface area contributed by atoms with Crippen molar-refractivity contribution in [2.45, 2.75) is 0 Å². The third-order valence-electron chi connectivity index (χ3n) is 0.864. The molecule has 3 heteroatoms. The van der Waals surface area contributed by atoms with Gasteiger partial charge in [-0.1, -0.05) is 0 Å². The first-order valence-corrected chi connectivity index (χ1v) is 3.05. The van der Waals surface area contributed by atoms with E-state index in [0.29, 0.717) is 5.57 Å². The molecule has 0 amide bonds. The standard InChI is InChI=1S/C8H9N3/c1-11(2)7-8(6-10)4-3-5-9/h3-4,7H,1-2H3. The molecule has 0 aliphatic rings. The van der Waals surface area contributed by atoms with Crippen LogP contribution in [0.25, 0.3) is 0 Å². The molecule has 0 aromatic carbocycles. The maximum Gasteiger partial charge on any atom is 0.101 e. The summed E-state index contributed by atoms with van der Waals surface area (Å²) >= 11 is 0. The molecule has 0 unspecified atom stereocenters. The molecule has 0 rings (SSSR count). The van der Waals surface area contributed by atoms with E-state index in [1.165, 1.54) is 12.2 Å². The lowest BCUT2D eigenvalue weighted by Crippen LogP contribution is -2.01. The van der Waals surface area contributed by atoms with E-state index in [4.69, 9.17) is 10.5 Å². The van der Waals surface area contributed by atoms with Gasteiger partial charge in [0.15, 0.2) is 0 Å². The van der Waals surface area contributed by atoms with Crippen LogP contribution in [0.2, 0.25) is 0 Å². The third kappa shape index (κ3) is 4.74. The summed E-state index contributed by atoms with van der Waals surface area (Å²) in [6.07, 6.45) is 4.40. The third-order valence-corrected chi connectivity index (χ3v) is 0.864. The van der Waals surface area contributed by atoms with E-state index in [9.17, 15) is 0 Å². The lowest BCUT2D eigenvalue weighted by molar-refractivity contribution is 0.561. The van der Waals surface area contributed by atoms with Gasteiger partial charge in [0.2, 0.25) is 0 Å².